The lowest BCUT2D eigenvalue weighted by atomic mass is 10.3. The van der Waals surface area contributed by atoms with E-state index in [4.69, 9.17) is 11.2 Å². The number of rotatable bonds is 2. The first-order valence-corrected chi connectivity index (χ1v) is 3.26. The molecule has 0 unspecified atom stereocenters. The number of hydrogen-bond acceptors (Lipinski definition) is 1. The van der Waals surface area contributed by atoms with Crippen LogP contribution in [0.2, 0.25) is 0 Å². The van der Waals surface area contributed by atoms with Crippen LogP contribution in [0.1, 0.15) is 0 Å². The second-order valence-electron chi connectivity index (χ2n) is 1.90. The lowest BCUT2D eigenvalue weighted by molar-refractivity contribution is 0.482. The monoisotopic (exact) mass is 144 g/mol. The molecular weight excluding hydrogens is 136 g/mol. The van der Waals surface area contributed by atoms with E-state index in [2.05, 4.69) is 5.92 Å². The van der Waals surface area contributed by atoms with Gasteiger partial charge in [-0.2, -0.15) is 0 Å². The number of allylic oxidation sites excluding steroid dienone is 1. The van der Waals surface area contributed by atoms with Crippen molar-refractivity contribution >= 4 is 0 Å². The molecule has 0 aliphatic carbocycles. The summed E-state index contributed by atoms with van der Waals surface area (Å²) in [5.74, 6) is 3.12. The van der Waals surface area contributed by atoms with E-state index in [1.165, 1.54) is 12.3 Å². The molecule has 0 fully saturated rings. The number of terminal acetylenes is 1. The Kier molecular flexibility index (Phi) is 2.83. The first kappa shape index (κ1) is 7.43. The van der Waals surface area contributed by atoms with Crippen LogP contribution < -0.4 is 4.74 Å². The van der Waals surface area contributed by atoms with Crippen molar-refractivity contribution in [3.8, 4) is 18.1 Å². The molecule has 0 N–H and O–H groups in total. The number of hydrogen-bond donors (Lipinski definition) is 0. The molecule has 1 heteroatoms. The van der Waals surface area contributed by atoms with Crippen molar-refractivity contribution in [2.75, 3.05) is 0 Å². The molecule has 0 aliphatic heterocycles. The average molecular weight is 144 g/mol. The molecule has 1 rings (SSSR count). The van der Waals surface area contributed by atoms with Gasteiger partial charge in [-0.1, -0.05) is 24.1 Å². The molecule has 0 bridgehead atoms. The second-order valence-corrected chi connectivity index (χ2v) is 1.90. The van der Waals surface area contributed by atoms with Crippen LogP contribution in [-0.2, 0) is 0 Å². The minimum atomic E-state index is 0.791. The molecule has 11 heavy (non-hydrogen) atoms. The Hall–Kier alpha value is -1.68. The summed E-state index contributed by atoms with van der Waals surface area (Å²) in [6, 6.07) is 9.46. The van der Waals surface area contributed by atoms with Gasteiger partial charge in [-0.05, 0) is 12.1 Å². The van der Waals surface area contributed by atoms with Gasteiger partial charge in [-0.25, -0.2) is 0 Å². The zero-order chi connectivity index (χ0) is 7.94. The third-order valence-electron chi connectivity index (χ3n) is 1.11. The largest absolute Gasteiger partial charge is 0.464 e. The predicted octanol–water partition coefficient (Wildman–Crippen LogP) is 2.21. The molecule has 0 saturated heterocycles. The molecule has 0 amide bonds. The van der Waals surface area contributed by atoms with Gasteiger partial charge in [-0.3, -0.25) is 0 Å². The van der Waals surface area contributed by atoms with Crippen LogP contribution in [0, 0.1) is 12.3 Å². The van der Waals surface area contributed by atoms with Crippen molar-refractivity contribution < 1.29 is 4.74 Å². The van der Waals surface area contributed by atoms with Crippen LogP contribution in [0.15, 0.2) is 42.7 Å². The summed E-state index contributed by atoms with van der Waals surface area (Å²) in [6.45, 7) is 0. The van der Waals surface area contributed by atoms with Gasteiger partial charge in [0.2, 0.25) is 0 Å². The Morgan fingerprint density at radius 3 is 2.64 bits per heavy atom. The molecular formula is C10H8O. The Morgan fingerprint density at radius 1 is 1.27 bits per heavy atom. The smallest absolute Gasteiger partial charge is 0.126 e. The highest BCUT2D eigenvalue weighted by atomic mass is 16.5. The molecule has 0 saturated carbocycles. The highest BCUT2D eigenvalue weighted by Crippen LogP contribution is 2.07. The van der Waals surface area contributed by atoms with Crippen molar-refractivity contribution in [3.63, 3.8) is 0 Å². The van der Waals surface area contributed by atoms with Crippen molar-refractivity contribution in [1.29, 1.82) is 0 Å². The molecule has 0 heterocycles. The normalized spacial score (nSPS) is 9.36. The topological polar surface area (TPSA) is 9.23 Å². The summed E-state index contributed by atoms with van der Waals surface area (Å²) in [6.07, 6.45) is 7.96. The Balaban J connectivity index is 2.53. The van der Waals surface area contributed by atoms with Crippen molar-refractivity contribution in [3.05, 3.63) is 42.7 Å². The summed E-state index contributed by atoms with van der Waals surface area (Å²) in [4.78, 5) is 0. The third kappa shape index (κ3) is 2.59. The number of para-hydroxylation sites is 1. The summed E-state index contributed by atoms with van der Waals surface area (Å²) in [5.41, 5.74) is 0. The number of benzene rings is 1. The van der Waals surface area contributed by atoms with Crippen molar-refractivity contribution in [2.45, 2.75) is 0 Å². The SMILES string of the molecule is C#C/C=C/Oc1ccccc1. The second kappa shape index (κ2) is 4.19. The maximum Gasteiger partial charge on any atom is 0.126 e. The van der Waals surface area contributed by atoms with E-state index in [9.17, 15) is 0 Å². The van der Waals surface area contributed by atoms with E-state index >= 15 is 0 Å². The lowest BCUT2D eigenvalue weighted by Crippen LogP contribution is -1.78. The van der Waals surface area contributed by atoms with Crippen molar-refractivity contribution in [1.82, 2.24) is 0 Å². The van der Waals surface area contributed by atoms with E-state index in [-0.39, 0.29) is 0 Å². The predicted molar refractivity (Wildman–Crippen MR) is 45.0 cm³/mol. The summed E-state index contributed by atoms with van der Waals surface area (Å²) < 4.78 is 5.12. The van der Waals surface area contributed by atoms with Gasteiger partial charge in [0.25, 0.3) is 0 Å². The molecule has 0 aliphatic rings. The van der Waals surface area contributed by atoms with Gasteiger partial charge >= 0.3 is 0 Å². The quantitative estimate of drug-likeness (QED) is 0.456. The maximum atomic E-state index is 5.12. The average Bonchev–Trinajstić information content (AvgIpc) is 2.07. The fraction of sp³-hybridized carbons (Fsp3) is 0. The molecule has 1 aromatic carbocycles. The van der Waals surface area contributed by atoms with Crippen LogP contribution in [0.5, 0.6) is 5.75 Å². The maximum absolute atomic E-state index is 5.12. The van der Waals surface area contributed by atoms with Gasteiger partial charge in [0.1, 0.15) is 5.75 Å². The van der Waals surface area contributed by atoms with Crippen LogP contribution >= 0.6 is 0 Å². The van der Waals surface area contributed by atoms with Crippen LogP contribution in [0.25, 0.3) is 0 Å². The van der Waals surface area contributed by atoms with Crippen LogP contribution in [0.3, 0.4) is 0 Å². The molecule has 1 aromatic rings. The van der Waals surface area contributed by atoms with E-state index in [0.29, 0.717) is 0 Å². The molecule has 0 atom stereocenters. The van der Waals surface area contributed by atoms with Gasteiger partial charge in [0.15, 0.2) is 0 Å². The van der Waals surface area contributed by atoms with Crippen molar-refractivity contribution in [2.24, 2.45) is 0 Å². The molecule has 0 aromatic heterocycles. The third-order valence-corrected chi connectivity index (χ3v) is 1.11. The first-order valence-electron chi connectivity index (χ1n) is 3.26. The van der Waals surface area contributed by atoms with E-state index in [1.54, 1.807) is 0 Å². The fourth-order valence-corrected chi connectivity index (χ4v) is 0.651. The highest BCUT2D eigenvalue weighted by molar-refractivity contribution is 5.22. The van der Waals surface area contributed by atoms with E-state index in [0.717, 1.165) is 5.75 Å². The Morgan fingerprint density at radius 2 is 2.00 bits per heavy atom. The van der Waals surface area contributed by atoms with Gasteiger partial charge in [0.05, 0.1) is 6.26 Å². The first-order chi connectivity index (χ1) is 5.43. The molecule has 54 valence electrons. The highest BCUT2D eigenvalue weighted by Gasteiger charge is 1.83. The van der Waals surface area contributed by atoms with E-state index in [1.807, 2.05) is 30.3 Å². The zero-order valence-electron chi connectivity index (χ0n) is 6.03. The van der Waals surface area contributed by atoms with Gasteiger partial charge < -0.3 is 4.74 Å². The summed E-state index contributed by atoms with van der Waals surface area (Å²) in [7, 11) is 0. The minimum Gasteiger partial charge on any atom is -0.464 e. The Labute approximate surface area is 66.3 Å². The van der Waals surface area contributed by atoms with Crippen LogP contribution in [0.4, 0.5) is 0 Å². The van der Waals surface area contributed by atoms with Crippen LogP contribution in [-0.4, -0.2) is 0 Å². The minimum absolute atomic E-state index is 0.791. The van der Waals surface area contributed by atoms with E-state index < -0.39 is 0 Å². The molecule has 0 radical (unpaired) electrons. The summed E-state index contributed by atoms with van der Waals surface area (Å²) in [5, 5.41) is 0. The lowest BCUT2D eigenvalue weighted by Gasteiger charge is -1.95. The van der Waals surface area contributed by atoms with Gasteiger partial charge in [0, 0.05) is 6.08 Å². The standard InChI is InChI=1S/C10H8O/c1-2-3-9-11-10-7-5-4-6-8-10/h1,3-9H/b9-3+. The molecule has 1 nitrogen and oxygen atoms in total. The fourth-order valence-electron chi connectivity index (χ4n) is 0.651. The zero-order valence-corrected chi connectivity index (χ0v) is 6.03. The van der Waals surface area contributed by atoms with Gasteiger partial charge in [-0.15, -0.1) is 6.42 Å². The Bertz CT molecular complexity index is 267. The number of ether oxygens (including phenoxy) is 1. The molecule has 0 spiro atoms. The summed E-state index contributed by atoms with van der Waals surface area (Å²) >= 11 is 0.